The van der Waals surface area contributed by atoms with E-state index < -0.39 is 18.5 Å². The molecule has 0 aliphatic rings. The molecule has 72 valence electrons. The maximum absolute atomic E-state index is 8.33. The molecule has 0 unspecified atom stereocenters. The molecular formula is C3Al2O9. The number of hydrogen-bond acceptors (Lipinski definition) is 9. The van der Waals surface area contributed by atoms with E-state index in [1.54, 1.807) is 0 Å². The Balaban J connectivity index is -0.0000000270. The van der Waals surface area contributed by atoms with Crippen LogP contribution in [0.4, 0.5) is 14.4 Å². The summed E-state index contributed by atoms with van der Waals surface area (Å²) in [5.41, 5.74) is 0. The second-order valence-electron chi connectivity index (χ2n) is 0.750. The normalized spacial score (nSPS) is 5.14. The van der Waals surface area contributed by atoms with Crippen LogP contribution in [0.2, 0.25) is 0 Å². The summed E-state index contributed by atoms with van der Waals surface area (Å²) in [5.74, 6) is 0. The summed E-state index contributed by atoms with van der Waals surface area (Å²) in [6, 6.07) is 0. The molecule has 0 aromatic carbocycles. The summed E-state index contributed by atoms with van der Waals surface area (Å²) >= 11 is 0. The van der Waals surface area contributed by atoms with E-state index in [-0.39, 0.29) is 34.7 Å². The van der Waals surface area contributed by atoms with Gasteiger partial charge in [0.1, 0.15) is 0 Å². The van der Waals surface area contributed by atoms with Crippen molar-refractivity contribution < 1.29 is 45.0 Å². The Labute approximate surface area is 98.5 Å². The van der Waals surface area contributed by atoms with Crippen molar-refractivity contribution in [2.24, 2.45) is 0 Å². The van der Waals surface area contributed by atoms with Gasteiger partial charge in [-0.3, -0.25) is 0 Å². The number of carbonyl (C=O) groups excluding carboxylic acids is 3. The Kier molecular flexibility index (Phi) is 47.4. The Morgan fingerprint density at radius 2 is 0.500 bits per heavy atom. The molecule has 0 aromatic rings. The first-order chi connectivity index (χ1) is 5.20. The minimum Gasteiger partial charge on any atom is -0.652 e. The number of rotatable bonds is 0. The average Bonchev–Trinajstić information content (AvgIpc) is 1.54. The second kappa shape index (κ2) is 22.6. The largest absolute Gasteiger partial charge is 3.00 e. The van der Waals surface area contributed by atoms with Crippen LogP contribution in [0.25, 0.3) is 0 Å². The van der Waals surface area contributed by atoms with Gasteiger partial charge in [0, 0.05) is 0 Å². The van der Waals surface area contributed by atoms with Crippen molar-refractivity contribution in [1.82, 2.24) is 0 Å². The maximum Gasteiger partial charge on any atom is 3.00 e. The first kappa shape index (κ1) is 29.3. The van der Waals surface area contributed by atoms with Crippen LogP contribution in [-0.4, -0.2) is 53.2 Å². The van der Waals surface area contributed by atoms with E-state index >= 15 is 0 Å². The van der Waals surface area contributed by atoms with Gasteiger partial charge in [0.25, 0.3) is 0 Å². The fourth-order valence-corrected chi connectivity index (χ4v) is 0. The summed E-state index contributed by atoms with van der Waals surface area (Å²) in [6.45, 7) is 0. The first-order valence-corrected chi connectivity index (χ1v) is 1.84. The Morgan fingerprint density at radius 3 is 0.500 bits per heavy atom. The molecule has 0 radical (unpaired) electrons. The SMILES string of the molecule is O=C([O-])[O-].O=C([O-])[O-].O=C([O-])[O-].[Al+3].[Al+3]. The van der Waals surface area contributed by atoms with Gasteiger partial charge in [0.15, 0.2) is 0 Å². The van der Waals surface area contributed by atoms with E-state index in [0.29, 0.717) is 0 Å². The van der Waals surface area contributed by atoms with Crippen LogP contribution >= 0.6 is 0 Å². The fourth-order valence-electron chi connectivity index (χ4n) is 0. The molecule has 14 heavy (non-hydrogen) atoms. The zero-order valence-corrected chi connectivity index (χ0v) is 8.64. The Morgan fingerprint density at radius 1 is 0.500 bits per heavy atom. The van der Waals surface area contributed by atoms with Gasteiger partial charge in [-0.05, 0) is 18.5 Å². The molecule has 0 bridgehead atoms. The molecule has 0 heterocycles. The van der Waals surface area contributed by atoms with Crippen molar-refractivity contribution in [3.05, 3.63) is 0 Å². The van der Waals surface area contributed by atoms with Crippen LogP contribution < -0.4 is 30.6 Å². The van der Waals surface area contributed by atoms with Crippen molar-refractivity contribution >= 4 is 53.2 Å². The molecule has 0 N–H and O–H groups in total. The molecule has 0 fully saturated rings. The van der Waals surface area contributed by atoms with Crippen LogP contribution in [0, 0.1) is 0 Å². The molecule has 0 saturated heterocycles. The molecule has 0 rings (SSSR count). The van der Waals surface area contributed by atoms with Crippen molar-refractivity contribution in [1.29, 1.82) is 0 Å². The molecule has 0 spiro atoms. The van der Waals surface area contributed by atoms with Crippen molar-refractivity contribution in [2.45, 2.75) is 0 Å². The summed E-state index contributed by atoms with van der Waals surface area (Å²) < 4.78 is 0. The molecule has 11 heteroatoms. The van der Waals surface area contributed by atoms with Crippen LogP contribution in [0.3, 0.4) is 0 Å². The molecule has 0 aliphatic carbocycles. The Bertz CT molecular complexity index is 116. The van der Waals surface area contributed by atoms with Crippen molar-refractivity contribution in [2.75, 3.05) is 0 Å². The molecule has 0 saturated carbocycles. The van der Waals surface area contributed by atoms with E-state index in [9.17, 15) is 0 Å². The van der Waals surface area contributed by atoms with Crippen molar-refractivity contribution in [3.8, 4) is 0 Å². The van der Waals surface area contributed by atoms with E-state index in [1.807, 2.05) is 0 Å². The van der Waals surface area contributed by atoms with Gasteiger partial charge in [-0.1, -0.05) is 0 Å². The van der Waals surface area contributed by atoms with Gasteiger partial charge in [0.05, 0.1) is 0 Å². The zero-order chi connectivity index (χ0) is 10.7. The van der Waals surface area contributed by atoms with Gasteiger partial charge in [-0.15, -0.1) is 0 Å². The number of carbonyl (C=O) groups is 3. The van der Waals surface area contributed by atoms with Crippen LogP contribution in [0.1, 0.15) is 0 Å². The van der Waals surface area contributed by atoms with Gasteiger partial charge < -0.3 is 45.0 Å². The van der Waals surface area contributed by atoms with Gasteiger partial charge in [0.2, 0.25) is 0 Å². The summed E-state index contributed by atoms with van der Waals surface area (Å²) in [4.78, 5) is 25.0. The van der Waals surface area contributed by atoms with Crippen molar-refractivity contribution in [3.63, 3.8) is 0 Å². The molecule has 9 nitrogen and oxygen atoms in total. The number of hydrogen-bond donors (Lipinski definition) is 0. The van der Waals surface area contributed by atoms with E-state index in [2.05, 4.69) is 0 Å². The average molecular weight is 234 g/mol. The molecular weight excluding hydrogens is 234 g/mol. The minimum atomic E-state index is -2.33. The Hall–Kier alpha value is -1.13. The third-order valence-electron chi connectivity index (χ3n) is 0. The fraction of sp³-hybridized carbons (Fsp3) is 0. The van der Waals surface area contributed by atoms with Gasteiger partial charge >= 0.3 is 34.7 Å². The van der Waals surface area contributed by atoms with Crippen LogP contribution in [0.5, 0.6) is 0 Å². The maximum atomic E-state index is 8.33. The first-order valence-electron chi connectivity index (χ1n) is 1.84. The predicted molar refractivity (Wildman–Crippen MR) is 27.7 cm³/mol. The van der Waals surface area contributed by atoms with E-state index in [0.717, 1.165) is 0 Å². The predicted octanol–water partition coefficient (Wildman–Crippen LogP) is -8.10. The number of carboxylic acid groups (broad SMARTS) is 6. The van der Waals surface area contributed by atoms with Gasteiger partial charge in [-0.2, -0.15) is 0 Å². The quantitative estimate of drug-likeness (QED) is 0.366. The summed E-state index contributed by atoms with van der Waals surface area (Å²) in [6.07, 6.45) is -7.00. The molecule has 0 atom stereocenters. The monoisotopic (exact) mass is 234 g/mol. The topological polar surface area (TPSA) is 190 Å². The zero-order valence-electron chi connectivity index (χ0n) is 6.33. The standard InChI is InChI=1S/3CH2O3.2Al/c3*2-1(3)4;;/h3*(H2,2,3,4);;/q;;;2*+3/p-6. The third kappa shape index (κ3) is 838. The summed E-state index contributed by atoms with van der Waals surface area (Å²) in [7, 11) is 0. The van der Waals surface area contributed by atoms with Crippen LogP contribution in [-0.2, 0) is 0 Å². The molecule has 0 amide bonds. The van der Waals surface area contributed by atoms with E-state index in [4.69, 9.17) is 45.0 Å². The van der Waals surface area contributed by atoms with Gasteiger partial charge in [-0.25, -0.2) is 0 Å². The smallest absolute Gasteiger partial charge is 0.652 e. The van der Waals surface area contributed by atoms with Crippen LogP contribution in [0.15, 0.2) is 0 Å². The minimum absolute atomic E-state index is 0. The molecule has 0 aliphatic heterocycles. The second-order valence-corrected chi connectivity index (χ2v) is 0.750. The van der Waals surface area contributed by atoms with E-state index in [1.165, 1.54) is 0 Å². The summed E-state index contributed by atoms with van der Waals surface area (Å²) in [5, 5.41) is 50.0. The third-order valence-corrected chi connectivity index (χ3v) is 0. The molecule has 0 aromatic heterocycles.